The number of rotatable bonds is 6. The summed E-state index contributed by atoms with van der Waals surface area (Å²) in [7, 11) is 0. The van der Waals surface area contributed by atoms with Crippen LogP contribution in [0.2, 0.25) is 0 Å². The Morgan fingerprint density at radius 2 is 0.938 bits per heavy atom. The van der Waals surface area contributed by atoms with E-state index in [1.165, 1.54) is 28.1 Å². The van der Waals surface area contributed by atoms with Crippen LogP contribution >= 0.6 is 0 Å². The van der Waals surface area contributed by atoms with Crippen LogP contribution in [0.15, 0.2) is 134 Å². The molecule has 0 saturated heterocycles. The Morgan fingerprint density at radius 3 is 1.12 bits per heavy atom. The molecule has 3 aromatic carbocycles. The number of aromatic amines is 3. The zero-order valence-electron chi connectivity index (χ0n) is 30.9. The van der Waals surface area contributed by atoms with Crippen molar-refractivity contribution in [1.29, 1.82) is 0 Å². The summed E-state index contributed by atoms with van der Waals surface area (Å²) in [4.78, 5) is 17.1. The summed E-state index contributed by atoms with van der Waals surface area (Å²) in [6.45, 7) is 19.3. The molecule has 3 heterocycles. The van der Waals surface area contributed by atoms with E-state index in [-0.39, 0.29) is 0 Å². The normalized spacial score (nSPS) is 9.75. The third-order valence-electron chi connectivity index (χ3n) is 7.20. The fourth-order valence-corrected chi connectivity index (χ4v) is 4.02. The molecule has 0 unspecified atom stereocenters. The van der Waals surface area contributed by atoms with Gasteiger partial charge in [-0.15, -0.1) is 0 Å². The van der Waals surface area contributed by atoms with Gasteiger partial charge in [-0.3, -0.25) is 0 Å². The van der Waals surface area contributed by atoms with Crippen molar-refractivity contribution < 1.29 is 0 Å². The summed E-state index contributed by atoms with van der Waals surface area (Å²) < 4.78 is 0. The summed E-state index contributed by atoms with van der Waals surface area (Å²) >= 11 is 0. The SMILES string of the molecule is CC(C)c1ccc[nH]1.CC(C)c1cnc[nH]1.CC(C)c1ncc[nH]1.CCc1ccccc1.CCc1ccccc1.CCc1ccccc1. The molecule has 258 valence electrons. The number of imidazole rings is 2. The van der Waals surface area contributed by atoms with Gasteiger partial charge in [0.15, 0.2) is 0 Å². The molecular formula is C43H61N5. The number of H-pyrrole nitrogens is 3. The number of benzene rings is 3. The third-order valence-corrected chi connectivity index (χ3v) is 7.20. The fourth-order valence-electron chi connectivity index (χ4n) is 4.02. The highest BCUT2D eigenvalue weighted by Gasteiger charge is 1.97. The Bertz CT molecular complexity index is 1270. The van der Waals surface area contributed by atoms with Crippen molar-refractivity contribution in [3.8, 4) is 0 Å². The predicted molar refractivity (Wildman–Crippen MR) is 208 cm³/mol. The maximum atomic E-state index is 4.06. The van der Waals surface area contributed by atoms with Gasteiger partial charge in [-0.1, -0.05) is 153 Å². The van der Waals surface area contributed by atoms with Crippen molar-refractivity contribution in [3.05, 3.63) is 168 Å². The molecule has 0 saturated carbocycles. The summed E-state index contributed by atoms with van der Waals surface area (Å²) in [6, 6.07) is 35.5. The second-order valence-electron chi connectivity index (χ2n) is 12.1. The highest BCUT2D eigenvalue weighted by molar-refractivity contribution is 5.15. The highest BCUT2D eigenvalue weighted by Crippen LogP contribution is 2.09. The molecule has 6 rings (SSSR count). The van der Waals surface area contributed by atoms with Gasteiger partial charge in [0, 0.05) is 42.1 Å². The molecule has 3 N–H and O–H groups in total. The minimum absolute atomic E-state index is 0.519. The van der Waals surface area contributed by atoms with E-state index in [0.29, 0.717) is 17.8 Å². The predicted octanol–water partition coefficient (Wildman–Crippen LogP) is 12.0. The van der Waals surface area contributed by atoms with Crippen LogP contribution in [0.5, 0.6) is 0 Å². The lowest BCUT2D eigenvalue weighted by atomic mass is 10.1. The number of hydrogen-bond acceptors (Lipinski definition) is 2. The molecule has 0 aliphatic rings. The highest BCUT2D eigenvalue weighted by atomic mass is 14.9. The first-order valence-electron chi connectivity index (χ1n) is 17.4. The second-order valence-corrected chi connectivity index (χ2v) is 12.1. The minimum atomic E-state index is 0.519. The second kappa shape index (κ2) is 26.4. The third kappa shape index (κ3) is 19.8. The smallest absolute Gasteiger partial charge is 0.108 e. The Kier molecular flexibility index (Phi) is 22.8. The molecular weight excluding hydrogens is 587 g/mol. The van der Waals surface area contributed by atoms with E-state index >= 15 is 0 Å². The quantitative estimate of drug-likeness (QED) is 0.168. The maximum Gasteiger partial charge on any atom is 0.108 e. The van der Waals surface area contributed by atoms with Gasteiger partial charge in [0.25, 0.3) is 0 Å². The monoisotopic (exact) mass is 647 g/mol. The van der Waals surface area contributed by atoms with E-state index in [2.05, 4.69) is 166 Å². The standard InChI is InChI=1S/3C8H10.C7H11N.2C6H10N2/c3*1-2-8-6-4-3-5-7-8;1-6(2)7-4-3-5-8-7;1-5(2)6-3-7-4-8-6;1-5(2)6-7-3-4-8-6/h3*3-7H,2H2,1H3;3-6,8H,1-2H3;2*3-5H,1-2H3,(H,7,8). The summed E-state index contributed by atoms with van der Waals surface area (Å²) in [5.74, 6) is 2.78. The number of hydrogen-bond donors (Lipinski definition) is 3. The maximum absolute atomic E-state index is 4.06. The molecule has 0 spiro atoms. The molecule has 0 aliphatic carbocycles. The molecule has 0 atom stereocenters. The topological polar surface area (TPSA) is 73.2 Å². The first-order chi connectivity index (χ1) is 23.2. The molecule has 5 heteroatoms. The van der Waals surface area contributed by atoms with Crippen molar-refractivity contribution >= 4 is 0 Å². The van der Waals surface area contributed by atoms with E-state index in [4.69, 9.17) is 0 Å². The van der Waals surface area contributed by atoms with E-state index in [0.717, 1.165) is 25.1 Å². The number of aryl methyl sites for hydroxylation is 3. The minimum Gasteiger partial charge on any atom is -0.365 e. The molecule has 0 radical (unpaired) electrons. The van der Waals surface area contributed by atoms with Crippen LogP contribution in [-0.4, -0.2) is 24.9 Å². The largest absolute Gasteiger partial charge is 0.365 e. The van der Waals surface area contributed by atoms with Gasteiger partial charge in [-0.25, -0.2) is 9.97 Å². The Morgan fingerprint density at radius 1 is 0.479 bits per heavy atom. The average molecular weight is 648 g/mol. The van der Waals surface area contributed by atoms with Crippen LogP contribution < -0.4 is 0 Å². The number of aromatic nitrogens is 5. The van der Waals surface area contributed by atoms with E-state index < -0.39 is 0 Å². The van der Waals surface area contributed by atoms with Crippen molar-refractivity contribution in [3.63, 3.8) is 0 Å². The molecule has 0 aliphatic heterocycles. The van der Waals surface area contributed by atoms with Gasteiger partial charge in [-0.05, 0) is 59.9 Å². The van der Waals surface area contributed by atoms with E-state index in [1.54, 1.807) is 12.5 Å². The number of nitrogens with one attached hydrogen (secondary N) is 3. The molecule has 0 fully saturated rings. The average Bonchev–Trinajstić information content (AvgIpc) is 3.96. The van der Waals surface area contributed by atoms with E-state index in [9.17, 15) is 0 Å². The van der Waals surface area contributed by atoms with Gasteiger partial charge in [0.05, 0.1) is 6.33 Å². The summed E-state index contributed by atoms with van der Waals surface area (Å²) in [5.41, 5.74) is 6.74. The van der Waals surface area contributed by atoms with Crippen LogP contribution in [0, 0.1) is 0 Å². The lowest BCUT2D eigenvalue weighted by Gasteiger charge is -1.97. The van der Waals surface area contributed by atoms with Gasteiger partial charge in [0.2, 0.25) is 0 Å². The first-order valence-corrected chi connectivity index (χ1v) is 17.4. The van der Waals surface area contributed by atoms with Crippen LogP contribution in [0.1, 0.15) is 114 Å². The number of nitrogens with zero attached hydrogens (tertiary/aromatic N) is 2. The van der Waals surface area contributed by atoms with Gasteiger partial charge in [-0.2, -0.15) is 0 Å². The van der Waals surface area contributed by atoms with Crippen LogP contribution in [0.4, 0.5) is 0 Å². The van der Waals surface area contributed by atoms with Gasteiger partial charge in [0.1, 0.15) is 5.82 Å². The molecule has 3 aromatic heterocycles. The Labute approximate surface area is 291 Å². The molecule has 6 aromatic rings. The first kappa shape index (κ1) is 41.4. The summed E-state index contributed by atoms with van der Waals surface area (Å²) in [6.07, 6.45) is 12.5. The lowest BCUT2D eigenvalue weighted by Crippen LogP contribution is -1.87. The molecule has 0 bridgehead atoms. The Hall–Kier alpha value is -4.64. The zero-order valence-corrected chi connectivity index (χ0v) is 30.9. The zero-order chi connectivity index (χ0) is 35.4. The van der Waals surface area contributed by atoms with Crippen molar-refractivity contribution in [2.75, 3.05) is 0 Å². The van der Waals surface area contributed by atoms with Gasteiger partial charge >= 0.3 is 0 Å². The molecule has 5 nitrogen and oxygen atoms in total. The lowest BCUT2D eigenvalue weighted by molar-refractivity contribution is 0.794. The van der Waals surface area contributed by atoms with Crippen molar-refractivity contribution in [1.82, 2.24) is 24.9 Å². The van der Waals surface area contributed by atoms with Crippen molar-refractivity contribution in [2.24, 2.45) is 0 Å². The van der Waals surface area contributed by atoms with Crippen LogP contribution in [-0.2, 0) is 19.3 Å². The van der Waals surface area contributed by atoms with Crippen LogP contribution in [0.25, 0.3) is 0 Å². The van der Waals surface area contributed by atoms with Crippen molar-refractivity contribution in [2.45, 2.75) is 99.3 Å². The van der Waals surface area contributed by atoms with E-state index in [1.807, 2.05) is 42.9 Å². The summed E-state index contributed by atoms with van der Waals surface area (Å²) in [5, 5.41) is 0. The molecule has 48 heavy (non-hydrogen) atoms. The van der Waals surface area contributed by atoms with Crippen LogP contribution in [0.3, 0.4) is 0 Å². The fraction of sp³-hybridized carbons (Fsp3) is 0.349. The Balaban J connectivity index is 0.000000288. The molecule has 0 amide bonds. The van der Waals surface area contributed by atoms with Gasteiger partial charge < -0.3 is 15.0 Å².